The Morgan fingerprint density at radius 3 is 2.18 bits per heavy atom. The van der Waals surface area contributed by atoms with E-state index in [0.717, 1.165) is 12.1 Å². The number of halogens is 6. The summed E-state index contributed by atoms with van der Waals surface area (Å²) in [7, 11) is 0. The Morgan fingerprint density at radius 2 is 1.71 bits per heavy atom. The van der Waals surface area contributed by atoms with Crippen LogP contribution in [0.15, 0.2) is 22.7 Å². The van der Waals surface area contributed by atoms with Crippen molar-refractivity contribution in [3.8, 4) is 5.75 Å². The molecule has 17 heavy (non-hydrogen) atoms. The van der Waals surface area contributed by atoms with Gasteiger partial charge in [0.05, 0.1) is 0 Å². The van der Waals surface area contributed by atoms with E-state index in [-0.39, 0.29) is 4.47 Å². The van der Waals surface area contributed by atoms with E-state index in [4.69, 9.17) is 5.73 Å². The van der Waals surface area contributed by atoms with Crippen molar-refractivity contribution < 1.29 is 27.1 Å². The summed E-state index contributed by atoms with van der Waals surface area (Å²) in [6, 6.07) is 0.517. The predicted molar refractivity (Wildman–Crippen MR) is 53.7 cm³/mol. The lowest BCUT2D eigenvalue weighted by Crippen LogP contribution is -2.45. The molecule has 0 aliphatic rings. The van der Waals surface area contributed by atoms with Gasteiger partial charge in [-0.05, 0) is 18.2 Å². The van der Waals surface area contributed by atoms with Gasteiger partial charge >= 0.3 is 12.1 Å². The Labute approximate surface area is 101 Å². The fourth-order valence-electron chi connectivity index (χ4n) is 1.15. The second-order valence-corrected chi connectivity index (χ2v) is 4.22. The van der Waals surface area contributed by atoms with Gasteiger partial charge in [0.15, 0.2) is 0 Å². The van der Waals surface area contributed by atoms with Crippen molar-refractivity contribution in [1.82, 2.24) is 0 Å². The monoisotopic (exact) mass is 319 g/mol. The molecule has 3 N–H and O–H groups in total. The summed E-state index contributed by atoms with van der Waals surface area (Å²) >= 11 is 2.89. The number of nitrogens with two attached hydrogens (primary N) is 1. The van der Waals surface area contributed by atoms with E-state index in [1.165, 1.54) is 6.07 Å². The van der Waals surface area contributed by atoms with Gasteiger partial charge in [-0.15, -0.1) is 0 Å². The second kappa shape index (κ2) is 4.41. The van der Waals surface area contributed by atoms with Crippen LogP contribution in [0.3, 0.4) is 0 Å². The highest BCUT2D eigenvalue weighted by atomic mass is 79.9. The smallest absolute Gasteiger partial charge is 0.455 e. The number of hydrogen-bond donors (Lipinski definition) is 2. The van der Waals surface area contributed by atoms with E-state index >= 15 is 0 Å². The van der Waals surface area contributed by atoms with Gasteiger partial charge in [-0.25, -0.2) is 0 Å². The highest BCUT2D eigenvalue weighted by molar-refractivity contribution is 9.10. The number of benzene rings is 1. The summed E-state index contributed by atoms with van der Waals surface area (Å²) in [5.41, 5.74) is 4.20. The largest absolute Gasteiger partial charge is 0.508 e. The summed E-state index contributed by atoms with van der Waals surface area (Å²) in [5, 5.41) is 9.23. The fraction of sp³-hybridized carbons (Fsp3) is 0.333. The van der Waals surface area contributed by atoms with Crippen LogP contribution in [-0.2, 0) is 0 Å². The third-order valence-corrected chi connectivity index (χ3v) is 2.59. The predicted octanol–water partition coefficient (Wildman–Crippen LogP) is 3.35. The lowest BCUT2D eigenvalue weighted by Gasteiger charge is -2.26. The van der Waals surface area contributed by atoms with Crippen molar-refractivity contribution in [3.63, 3.8) is 0 Å². The zero-order valence-corrected chi connectivity index (χ0v) is 9.69. The molecule has 0 amide bonds. The summed E-state index contributed by atoms with van der Waals surface area (Å²) in [5.74, 6) is -5.84. The molecule has 0 radical (unpaired) electrons. The van der Waals surface area contributed by atoms with Crippen molar-refractivity contribution in [2.45, 2.75) is 18.1 Å². The molecule has 1 rings (SSSR count). The summed E-state index contributed by atoms with van der Waals surface area (Å²) in [4.78, 5) is 0. The van der Waals surface area contributed by atoms with Gasteiger partial charge in [-0.1, -0.05) is 15.9 Å². The molecule has 1 atom stereocenters. The molecule has 1 aromatic carbocycles. The molecular formula is C9H7BrF5NO. The van der Waals surface area contributed by atoms with Crippen LogP contribution in [0.2, 0.25) is 0 Å². The van der Waals surface area contributed by atoms with E-state index in [9.17, 15) is 27.1 Å². The van der Waals surface area contributed by atoms with Gasteiger partial charge in [0.1, 0.15) is 11.8 Å². The van der Waals surface area contributed by atoms with E-state index in [2.05, 4.69) is 15.9 Å². The number of hydrogen-bond acceptors (Lipinski definition) is 2. The van der Waals surface area contributed by atoms with Crippen LogP contribution in [0, 0.1) is 0 Å². The van der Waals surface area contributed by atoms with Crippen molar-refractivity contribution >= 4 is 15.9 Å². The second-order valence-electron chi connectivity index (χ2n) is 3.30. The minimum absolute atomic E-state index is 0.235. The van der Waals surface area contributed by atoms with Gasteiger partial charge < -0.3 is 10.8 Å². The number of phenolic OH excluding ortho intramolecular Hbond substituents is 1. The topological polar surface area (TPSA) is 46.2 Å². The Balaban J connectivity index is 3.21. The van der Waals surface area contributed by atoms with Crippen LogP contribution in [0.25, 0.3) is 0 Å². The maximum Gasteiger partial charge on any atom is 0.455 e. The molecule has 2 nitrogen and oxygen atoms in total. The van der Waals surface area contributed by atoms with Crippen molar-refractivity contribution in [2.24, 2.45) is 5.73 Å². The van der Waals surface area contributed by atoms with E-state index in [1.807, 2.05) is 0 Å². The molecule has 0 spiro atoms. The van der Waals surface area contributed by atoms with Crippen molar-refractivity contribution in [2.75, 3.05) is 0 Å². The van der Waals surface area contributed by atoms with Crippen LogP contribution in [0.5, 0.6) is 5.75 Å². The SMILES string of the molecule is N[C@@H](c1cc(Br)ccc1O)C(F)(F)C(F)(F)F. The lowest BCUT2D eigenvalue weighted by molar-refractivity contribution is -0.291. The van der Waals surface area contributed by atoms with Crippen molar-refractivity contribution in [1.29, 1.82) is 0 Å². The first-order valence-electron chi connectivity index (χ1n) is 4.26. The number of phenols is 1. The van der Waals surface area contributed by atoms with E-state index in [0.29, 0.717) is 0 Å². The quantitative estimate of drug-likeness (QED) is 0.821. The number of aromatic hydroxyl groups is 1. The van der Waals surface area contributed by atoms with E-state index < -0.39 is 29.5 Å². The number of alkyl halides is 5. The van der Waals surface area contributed by atoms with Crippen LogP contribution >= 0.6 is 15.9 Å². The highest BCUT2D eigenvalue weighted by Crippen LogP contribution is 2.45. The first kappa shape index (κ1) is 14.2. The molecule has 0 aromatic heterocycles. The van der Waals surface area contributed by atoms with Gasteiger partial charge in [-0.2, -0.15) is 22.0 Å². The average Bonchev–Trinajstić information content (AvgIpc) is 2.19. The minimum atomic E-state index is -5.78. The molecule has 1 aromatic rings. The van der Waals surface area contributed by atoms with Crippen molar-refractivity contribution in [3.05, 3.63) is 28.2 Å². The maximum absolute atomic E-state index is 12.9. The Hall–Kier alpha value is -0.890. The lowest BCUT2D eigenvalue weighted by atomic mass is 10.00. The zero-order valence-electron chi connectivity index (χ0n) is 8.10. The molecule has 0 heterocycles. The first-order chi connectivity index (χ1) is 7.57. The summed E-state index contributed by atoms with van der Waals surface area (Å²) in [6.07, 6.45) is -5.78. The van der Waals surface area contributed by atoms with Gasteiger partial charge in [0.25, 0.3) is 0 Å². The molecular weight excluding hydrogens is 313 g/mol. The fourth-order valence-corrected chi connectivity index (χ4v) is 1.52. The third-order valence-electron chi connectivity index (χ3n) is 2.09. The Kier molecular flexibility index (Phi) is 3.68. The van der Waals surface area contributed by atoms with Crippen LogP contribution in [0.1, 0.15) is 11.6 Å². The summed E-state index contributed by atoms with van der Waals surface area (Å²) < 4.78 is 62.4. The molecule has 0 saturated carbocycles. The van der Waals surface area contributed by atoms with Gasteiger partial charge in [0, 0.05) is 10.0 Å². The average molecular weight is 320 g/mol. The molecule has 8 heteroatoms. The Morgan fingerprint density at radius 1 is 1.18 bits per heavy atom. The molecule has 0 saturated heterocycles. The van der Waals surface area contributed by atoms with E-state index in [1.54, 1.807) is 0 Å². The van der Waals surface area contributed by atoms with Gasteiger partial charge in [0.2, 0.25) is 0 Å². The molecule has 0 aliphatic carbocycles. The highest BCUT2D eigenvalue weighted by Gasteiger charge is 2.62. The maximum atomic E-state index is 12.9. The molecule has 0 fully saturated rings. The first-order valence-corrected chi connectivity index (χ1v) is 5.05. The zero-order chi connectivity index (χ0) is 13.4. The van der Waals surface area contributed by atoms with Crippen LogP contribution in [0.4, 0.5) is 22.0 Å². The summed E-state index contributed by atoms with van der Waals surface area (Å²) in [6.45, 7) is 0. The molecule has 0 unspecified atom stereocenters. The number of rotatable bonds is 2. The molecule has 96 valence electrons. The molecule has 0 aliphatic heterocycles. The standard InChI is InChI=1S/C9H7BrF5NO/c10-4-1-2-6(17)5(3-4)7(16)8(11,12)9(13,14)15/h1-3,7,17H,16H2/t7-/m0/s1. The Bertz CT molecular complexity index is 420. The van der Waals surface area contributed by atoms with Crippen LogP contribution < -0.4 is 5.73 Å². The normalized spacial score (nSPS) is 14.8. The van der Waals surface area contributed by atoms with Crippen LogP contribution in [-0.4, -0.2) is 17.2 Å². The molecule has 0 bridgehead atoms. The van der Waals surface area contributed by atoms with Gasteiger partial charge in [-0.3, -0.25) is 0 Å². The third kappa shape index (κ3) is 2.68. The minimum Gasteiger partial charge on any atom is -0.508 e.